The Kier molecular flexibility index (Phi) is 4.56. The van der Waals surface area contributed by atoms with Crippen molar-refractivity contribution in [1.29, 1.82) is 0 Å². The molecule has 3 unspecified atom stereocenters. The van der Waals surface area contributed by atoms with E-state index in [0.717, 1.165) is 18.2 Å². The highest BCUT2D eigenvalue weighted by atomic mass is 19.1. The maximum absolute atomic E-state index is 13.8. The van der Waals surface area contributed by atoms with Gasteiger partial charge in [0.05, 0.1) is 6.54 Å². The van der Waals surface area contributed by atoms with Crippen LogP contribution in [-0.2, 0) is 10.4 Å². The van der Waals surface area contributed by atoms with Crippen LogP contribution in [0.3, 0.4) is 0 Å². The van der Waals surface area contributed by atoms with Gasteiger partial charge >= 0.3 is 0 Å². The molecule has 0 bridgehead atoms. The van der Waals surface area contributed by atoms with Crippen LogP contribution in [0.15, 0.2) is 42.5 Å². The minimum atomic E-state index is -1.36. The number of rotatable bonds is 5. The van der Waals surface area contributed by atoms with Crippen molar-refractivity contribution in [1.82, 2.24) is 5.32 Å². The number of benzene rings is 2. The van der Waals surface area contributed by atoms with Gasteiger partial charge in [0, 0.05) is 5.92 Å². The molecule has 0 aliphatic heterocycles. The molecule has 0 aromatic heterocycles. The molecule has 1 saturated carbocycles. The summed E-state index contributed by atoms with van der Waals surface area (Å²) in [6.07, 6.45) is 0.435. The maximum atomic E-state index is 13.8. The molecule has 0 heterocycles. The van der Waals surface area contributed by atoms with Crippen LogP contribution in [-0.4, -0.2) is 17.6 Å². The highest BCUT2D eigenvalue weighted by Gasteiger charge is 2.45. The molecule has 3 nitrogen and oxygen atoms in total. The molecule has 1 amide bonds. The van der Waals surface area contributed by atoms with Gasteiger partial charge in [-0.25, -0.2) is 13.2 Å². The molecule has 1 fully saturated rings. The maximum Gasteiger partial charge on any atom is 0.223 e. The highest BCUT2D eigenvalue weighted by molar-refractivity contribution is 5.83. The normalized spacial score (nSPS) is 21.5. The summed E-state index contributed by atoms with van der Waals surface area (Å²) in [5, 5.41) is 13.1. The molecule has 25 heavy (non-hydrogen) atoms. The second-order valence-electron chi connectivity index (χ2n) is 6.61. The molecule has 3 atom stereocenters. The van der Waals surface area contributed by atoms with Crippen molar-refractivity contribution < 1.29 is 23.1 Å². The lowest BCUT2D eigenvalue weighted by Gasteiger charge is -2.24. The summed E-state index contributed by atoms with van der Waals surface area (Å²) in [5.41, 5.74) is -0.694. The van der Waals surface area contributed by atoms with Crippen molar-refractivity contribution >= 4 is 5.91 Å². The minimum Gasteiger partial charge on any atom is -0.384 e. The van der Waals surface area contributed by atoms with E-state index in [-0.39, 0.29) is 23.9 Å². The van der Waals surface area contributed by atoms with Crippen molar-refractivity contribution in [2.75, 3.05) is 6.54 Å². The molecule has 1 aliphatic carbocycles. The van der Waals surface area contributed by atoms with Crippen molar-refractivity contribution in [2.24, 2.45) is 5.92 Å². The second-order valence-corrected chi connectivity index (χ2v) is 6.61. The molecule has 132 valence electrons. The van der Waals surface area contributed by atoms with Gasteiger partial charge in [0.2, 0.25) is 5.91 Å². The molecule has 0 saturated heterocycles. The molecular formula is C19H18F3NO2. The Morgan fingerprint density at radius 2 is 1.80 bits per heavy atom. The summed E-state index contributed by atoms with van der Waals surface area (Å²) in [6.45, 7) is 1.45. The van der Waals surface area contributed by atoms with Gasteiger partial charge in [-0.2, -0.15) is 0 Å². The molecule has 6 heteroatoms. The molecule has 2 N–H and O–H groups in total. The fourth-order valence-electron chi connectivity index (χ4n) is 2.93. The fourth-order valence-corrected chi connectivity index (χ4v) is 2.93. The van der Waals surface area contributed by atoms with Crippen LogP contribution in [0.4, 0.5) is 13.2 Å². The van der Waals surface area contributed by atoms with E-state index in [1.807, 2.05) is 0 Å². The number of carbonyl (C=O) groups excluding carboxylic acids is 1. The third-order valence-corrected chi connectivity index (χ3v) is 4.56. The predicted octanol–water partition coefficient (Wildman–Crippen LogP) is 3.23. The highest BCUT2D eigenvalue weighted by Crippen LogP contribution is 2.48. The molecule has 0 spiro atoms. The zero-order valence-corrected chi connectivity index (χ0v) is 13.6. The summed E-state index contributed by atoms with van der Waals surface area (Å²) >= 11 is 0. The molecule has 3 rings (SSSR count). The monoisotopic (exact) mass is 349 g/mol. The molecule has 2 aromatic rings. The first-order valence-corrected chi connectivity index (χ1v) is 7.99. The third-order valence-electron chi connectivity index (χ3n) is 4.56. The van der Waals surface area contributed by atoms with Crippen LogP contribution in [0.2, 0.25) is 0 Å². The second kappa shape index (κ2) is 6.52. The van der Waals surface area contributed by atoms with Crippen molar-refractivity contribution in [3.8, 4) is 0 Å². The first-order chi connectivity index (χ1) is 11.8. The molecular weight excluding hydrogens is 331 g/mol. The molecule has 0 radical (unpaired) electrons. The van der Waals surface area contributed by atoms with Crippen molar-refractivity contribution in [3.63, 3.8) is 0 Å². The van der Waals surface area contributed by atoms with Gasteiger partial charge in [0.15, 0.2) is 0 Å². The topological polar surface area (TPSA) is 49.3 Å². The van der Waals surface area contributed by atoms with E-state index in [2.05, 4.69) is 5.32 Å². The first kappa shape index (κ1) is 17.5. The fraction of sp³-hybridized carbons (Fsp3) is 0.316. The Hall–Kier alpha value is -2.34. The zero-order valence-electron chi connectivity index (χ0n) is 13.6. The van der Waals surface area contributed by atoms with E-state index in [1.165, 1.54) is 31.2 Å². The summed E-state index contributed by atoms with van der Waals surface area (Å²) in [4.78, 5) is 12.2. The lowest BCUT2D eigenvalue weighted by molar-refractivity contribution is -0.123. The van der Waals surface area contributed by atoms with E-state index in [0.29, 0.717) is 12.0 Å². The van der Waals surface area contributed by atoms with Gasteiger partial charge in [-0.15, -0.1) is 0 Å². The summed E-state index contributed by atoms with van der Waals surface area (Å²) in [7, 11) is 0. The number of amides is 1. The van der Waals surface area contributed by atoms with E-state index in [4.69, 9.17) is 0 Å². The van der Waals surface area contributed by atoms with E-state index >= 15 is 0 Å². The number of aliphatic hydroxyl groups is 1. The van der Waals surface area contributed by atoms with Crippen LogP contribution in [0.5, 0.6) is 0 Å². The average Bonchev–Trinajstić information content (AvgIpc) is 3.36. The Morgan fingerprint density at radius 3 is 2.48 bits per heavy atom. The first-order valence-electron chi connectivity index (χ1n) is 7.99. The minimum absolute atomic E-state index is 0.0632. The lowest BCUT2D eigenvalue weighted by Crippen LogP contribution is -2.39. The zero-order chi connectivity index (χ0) is 18.2. The molecule has 2 aromatic carbocycles. The van der Waals surface area contributed by atoms with Crippen LogP contribution >= 0.6 is 0 Å². The summed E-state index contributed by atoms with van der Waals surface area (Å²) in [6, 6.07) is 8.56. The van der Waals surface area contributed by atoms with Crippen LogP contribution in [0.25, 0.3) is 0 Å². The Bertz CT molecular complexity index is 790. The summed E-state index contributed by atoms with van der Waals surface area (Å²) in [5.74, 6) is -2.61. The smallest absolute Gasteiger partial charge is 0.223 e. The predicted molar refractivity (Wildman–Crippen MR) is 86.2 cm³/mol. The SMILES string of the molecule is CC(O)(CNC(=O)C1CC1c1cc(F)ccc1F)c1ccc(F)cc1. The van der Waals surface area contributed by atoms with Crippen LogP contribution < -0.4 is 5.32 Å². The van der Waals surface area contributed by atoms with E-state index in [9.17, 15) is 23.1 Å². The number of nitrogens with one attached hydrogen (secondary N) is 1. The van der Waals surface area contributed by atoms with E-state index in [1.54, 1.807) is 0 Å². The van der Waals surface area contributed by atoms with Gasteiger partial charge in [0.25, 0.3) is 0 Å². The number of carbonyl (C=O) groups is 1. The van der Waals surface area contributed by atoms with Gasteiger partial charge < -0.3 is 10.4 Å². The van der Waals surface area contributed by atoms with Crippen molar-refractivity contribution in [2.45, 2.75) is 24.9 Å². The van der Waals surface area contributed by atoms with Gasteiger partial charge in [0.1, 0.15) is 23.1 Å². The third kappa shape index (κ3) is 3.85. The Balaban J connectivity index is 1.60. The van der Waals surface area contributed by atoms with Crippen LogP contribution in [0.1, 0.15) is 30.4 Å². The standard InChI is InChI=1S/C19H18F3NO2/c1-19(25,11-2-4-12(20)5-3-11)10-23-18(24)16-9-14(16)15-8-13(21)6-7-17(15)22/h2-8,14,16,25H,9-10H2,1H3,(H,23,24). The van der Waals surface area contributed by atoms with E-state index < -0.39 is 29.0 Å². The van der Waals surface area contributed by atoms with Gasteiger partial charge in [-0.3, -0.25) is 4.79 Å². The average molecular weight is 349 g/mol. The Morgan fingerprint density at radius 1 is 1.16 bits per heavy atom. The molecule has 1 aliphatic rings. The van der Waals surface area contributed by atoms with Crippen molar-refractivity contribution in [3.05, 3.63) is 71.0 Å². The summed E-state index contributed by atoms with van der Waals surface area (Å²) < 4.78 is 40.0. The van der Waals surface area contributed by atoms with Gasteiger partial charge in [-0.05, 0) is 60.7 Å². The number of hydrogen-bond donors (Lipinski definition) is 2. The largest absolute Gasteiger partial charge is 0.384 e. The number of hydrogen-bond acceptors (Lipinski definition) is 2. The quantitative estimate of drug-likeness (QED) is 0.871. The number of halogens is 3. The van der Waals surface area contributed by atoms with Crippen LogP contribution in [0, 0.1) is 23.4 Å². The lowest BCUT2D eigenvalue weighted by atomic mass is 9.96. The Labute approximate surface area is 143 Å². The van der Waals surface area contributed by atoms with Gasteiger partial charge in [-0.1, -0.05) is 12.1 Å².